The SMILES string of the molecule is N#Cc1ccc(/N=C2\N(Cc3ccccc3)CC(=O)N2c2ccccc2Br)c(O)c1. The molecule has 0 unspecified atom stereocenters. The van der Waals surface area contributed by atoms with Crippen molar-refractivity contribution in [2.75, 3.05) is 11.4 Å². The highest BCUT2D eigenvalue weighted by molar-refractivity contribution is 9.10. The van der Waals surface area contributed by atoms with Crippen LogP contribution in [-0.4, -0.2) is 28.4 Å². The van der Waals surface area contributed by atoms with Crippen molar-refractivity contribution in [1.29, 1.82) is 5.26 Å². The summed E-state index contributed by atoms with van der Waals surface area (Å²) in [6.45, 7) is 0.648. The van der Waals surface area contributed by atoms with Crippen LogP contribution in [0, 0.1) is 11.3 Å². The zero-order valence-electron chi connectivity index (χ0n) is 15.9. The summed E-state index contributed by atoms with van der Waals surface area (Å²) in [4.78, 5) is 21.0. The lowest BCUT2D eigenvalue weighted by molar-refractivity contribution is -0.116. The first kappa shape index (κ1) is 19.7. The van der Waals surface area contributed by atoms with E-state index in [1.165, 1.54) is 6.07 Å². The molecule has 0 saturated carbocycles. The van der Waals surface area contributed by atoms with Gasteiger partial charge in [0, 0.05) is 11.0 Å². The molecule has 0 spiro atoms. The molecular weight excluding hydrogens is 444 g/mol. The molecule has 6 nitrogen and oxygen atoms in total. The summed E-state index contributed by atoms with van der Waals surface area (Å²) in [5.41, 5.74) is 2.33. The van der Waals surface area contributed by atoms with Crippen molar-refractivity contribution >= 4 is 39.2 Å². The number of guanidine groups is 1. The highest BCUT2D eigenvalue weighted by Crippen LogP contribution is 2.33. The zero-order chi connectivity index (χ0) is 21.1. The van der Waals surface area contributed by atoms with Crippen molar-refractivity contribution in [2.45, 2.75) is 6.54 Å². The van der Waals surface area contributed by atoms with E-state index in [2.05, 4.69) is 20.9 Å². The predicted octanol–water partition coefficient (Wildman–Crippen LogP) is 4.56. The van der Waals surface area contributed by atoms with E-state index in [1.54, 1.807) is 17.0 Å². The molecule has 4 rings (SSSR count). The zero-order valence-corrected chi connectivity index (χ0v) is 17.5. The fourth-order valence-electron chi connectivity index (χ4n) is 3.28. The molecule has 0 atom stereocenters. The maximum atomic E-state index is 13.0. The number of aliphatic imine (C=N–C) groups is 1. The number of para-hydroxylation sites is 1. The molecule has 1 fully saturated rings. The monoisotopic (exact) mass is 460 g/mol. The predicted molar refractivity (Wildman–Crippen MR) is 118 cm³/mol. The molecular formula is C23H17BrN4O2. The van der Waals surface area contributed by atoms with Crippen molar-refractivity contribution in [3.8, 4) is 11.8 Å². The van der Waals surface area contributed by atoms with Crippen molar-refractivity contribution in [3.05, 3.63) is 88.4 Å². The van der Waals surface area contributed by atoms with E-state index >= 15 is 0 Å². The molecule has 1 N–H and O–H groups in total. The van der Waals surface area contributed by atoms with Gasteiger partial charge in [-0.2, -0.15) is 5.26 Å². The number of benzene rings is 3. The number of carbonyl (C=O) groups excluding carboxylic acids is 1. The van der Waals surface area contributed by atoms with E-state index in [1.807, 2.05) is 65.6 Å². The van der Waals surface area contributed by atoms with Gasteiger partial charge in [-0.1, -0.05) is 42.5 Å². The number of hydrogen-bond acceptors (Lipinski definition) is 4. The van der Waals surface area contributed by atoms with E-state index in [4.69, 9.17) is 5.26 Å². The average Bonchev–Trinajstić information content (AvgIpc) is 3.05. The number of carbonyl (C=O) groups is 1. The topological polar surface area (TPSA) is 79.9 Å². The van der Waals surface area contributed by atoms with Gasteiger partial charge in [-0.05, 0) is 51.8 Å². The van der Waals surface area contributed by atoms with Crippen molar-refractivity contribution in [1.82, 2.24) is 4.90 Å². The van der Waals surface area contributed by atoms with Gasteiger partial charge in [0.1, 0.15) is 18.0 Å². The van der Waals surface area contributed by atoms with Crippen molar-refractivity contribution in [2.24, 2.45) is 4.99 Å². The Bertz CT molecular complexity index is 1170. The summed E-state index contributed by atoms with van der Waals surface area (Å²) in [5.74, 6) is 0.174. The lowest BCUT2D eigenvalue weighted by Gasteiger charge is -2.23. The Balaban J connectivity index is 1.81. The summed E-state index contributed by atoms with van der Waals surface area (Å²) < 4.78 is 0.761. The second-order valence-corrected chi connectivity index (χ2v) is 7.60. The van der Waals surface area contributed by atoms with Gasteiger partial charge in [0.25, 0.3) is 5.91 Å². The molecule has 1 amide bonds. The second kappa shape index (κ2) is 8.39. The van der Waals surface area contributed by atoms with Crippen LogP contribution in [-0.2, 0) is 11.3 Å². The largest absolute Gasteiger partial charge is 0.506 e. The third-order valence-corrected chi connectivity index (χ3v) is 5.36. The second-order valence-electron chi connectivity index (χ2n) is 6.75. The maximum absolute atomic E-state index is 13.0. The van der Waals surface area contributed by atoms with Gasteiger partial charge in [-0.3, -0.25) is 4.79 Å². The van der Waals surface area contributed by atoms with Crippen LogP contribution in [0.3, 0.4) is 0 Å². The first-order valence-electron chi connectivity index (χ1n) is 9.25. The third-order valence-electron chi connectivity index (χ3n) is 4.69. The quantitative estimate of drug-likeness (QED) is 0.618. The Morgan fingerprint density at radius 1 is 1.07 bits per heavy atom. The first-order valence-corrected chi connectivity index (χ1v) is 10.0. The Labute approximate surface area is 182 Å². The molecule has 7 heteroatoms. The molecule has 1 aliphatic heterocycles. The minimum Gasteiger partial charge on any atom is -0.506 e. The number of nitriles is 1. The van der Waals surface area contributed by atoms with Gasteiger partial charge in [0.05, 0.1) is 17.3 Å². The van der Waals surface area contributed by atoms with Crippen LogP contribution in [0.25, 0.3) is 0 Å². The average molecular weight is 461 g/mol. The molecule has 3 aromatic rings. The van der Waals surface area contributed by atoms with Gasteiger partial charge in [0.2, 0.25) is 5.96 Å². The van der Waals surface area contributed by atoms with Crippen LogP contribution in [0.5, 0.6) is 5.75 Å². The number of phenolic OH excluding ortho intramolecular Hbond substituents is 1. The number of aromatic hydroxyl groups is 1. The van der Waals surface area contributed by atoms with E-state index in [0.29, 0.717) is 23.8 Å². The Morgan fingerprint density at radius 2 is 1.80 bits per heavy atom. The number of nitrogens with zero attached hydrogens (tertiary/aromatic N) is 4. The molecule has 0 radical (unpaired) electrons. The van der Waals surface area contributed by atoms with Crippen LogP contribution < -0.4 is 4.90 Å². The fourth-order valence-corrected chi connectivity index (χ4v) is 3.74. The number of hydrogen-bond donors (Lipinski definition) is 1. The van der Waals surface area contributed by atoms with Crippen LogP contribution >= 0.6 is 15.9 Å². The van der Waals surface area contributed by atoms with E-state index < -0.39 is 0 Å². The summed E-state index contributed by atoms with van der Waals surface area (Å²) in [7, 11) is 0. The molecule has 0 aliphatic carbocycles. The Hall–Kier alpha value is -3.63. The minimum atomic E-state index is -0.121. The molecule has 0 bridgehead atoms. The van der Waals surface area contributed by atoms with Gasteiger partial charge in [-0.15, -0.1) is 0 Å². The van der Waals surface area contributed by atoms with Crippen molar-refractivity contribution < 1.29 is 9.90 Å². The number of anilines is 1. The highest BCUT2D eigenvalue weighted by atomic mass is 79.9. The van der Waals surface area contributed by atoms with Gasteiger partial charge >= 0.3 is 0 Å². The Kier molecular flexibility index (Phi) is 5.50. The standard InChI is InChI=1S/C23H17BrN4O2/c24-18-8-4-5-9-20(18)28-22(30)15-27(14-16-6-2-1-3-7-16)23(28)26-19-11-10-17(13-25)12-21(19)29/h1-12,29H,14-15H2/b26-23+. The smallest absolute Gasteiger partial charge is 0.253 e. The van der Waals surface area contributed by atoms with E-state index in [9.17, 15) is 9.90 Å². The molecule has 0 aromatic heterocycles. The van der Waals surface area contributed by atoms with Gasteiger partial charge in [-0.25, -0.2) is 9.89 Å². The normalized spacial score (nSPS) is 14.9. The summed E-state index contributed by atoms with van der Waals surface area (Å²) in [6, 6.07) is 23.7. The number of rotatable bonds is 4. The number of amides is 1. The lowest BCUT2D eigenvalue weighted by Crippen LogP contribution is -2.34. The molecule has 1 aliphatic rings. The lowest BCUT2D eigenvalue weighted by atomic mass is 10.2. The van der Waals surface area contributed by atoms with Crippen LogP contribution in [0.15, 0.2) is 82.3 Å². The number of phenols is 1. The first-order chi connectivity index (χ1) is 14.6. The summed E-state index contributed by atoms with van der Waals surface area (Å²) in [5, 5.41) is 19.4. The molecule has 1 saturated heterocycles. The van der Waals surface area contributed by atoms with Crippen LogP contribution in [0.2, 0.25) is 0 Å². The maximum Gasteiger partial charge on any atom is 0.253 e. The van der Waals surface area contributed by atoms with E-state index in [0.717, 1.165) is 10.0 Å². The van der Waals surface area contributed by atoms with E-state index in [-0.39, 0.29) is 23.9 Å². The summed E-state index contributed by atoms with van der Waals surface area (Å²) in [6.07, 6.45) is 0. The van der Waals surface area contributed by atoms with Gasteiger partial charge in [0.15, 0.2) is 0 Å². The van der Waals surface area contributed by atoms with Crippen LogP contribution in [0.1, 0.15) is 11.1 Å². The van der Waals surface area contributed by atoms with Gasteiger partial charge < -0.3 is 10.0 Å². The summed E-state index contributed by atoms with van der Waals surface area (Å²) >= 11 is 3.51. The molecule has 148 valence electrons. The fraction of sp³-hybridized carbons (Fsp3) is 0.0870. The molecule has 3 aromatic carbocycles. The molecule has 1 heterocycles. The number of halogens is 1. The highest BCUT2D eigenvalue weighted by Gasteiger charge is 2.36. The Morgan fingerprint density at radius 3 is 2.50 bits per heavy atom. The third kappa shape index (κ3) is 3.91. The van der Waals surface area contributed by atoms with Crippen LogP contribution in [0.4, 0.5) is 11.4 Å². The minimum absolute atomic E-state index is 0.118. The van der Waals surface area contributed by atoms with Crippen molar-refractivity contribution in [3.63, 3.8) is 0 Å². The molecule has 30 heavy (non-hydrogen) atoms.